The summed E-state index contributed by atoms with van der Waals surface area (Å²) in [4.78, 5) is 15.4. The molecule has 0 aliphatic rings. The maximum atomic E-state index is 10.5. The van der Waals surface area contributed by atoms with Crippen LogP contribution < -0.4 is 5.32 Å². The van der Waals surface area contributed by atoms with Gasteiger partial charge in [0.1, 0.15) is 0 Å². The topological polar surface area (TPSA) is 82.5 Å². The van der Waals surface area contributed by atoms with E-state index in [0.717, 1.165) is 4.88 Å². The molecule has 1 aromatic heterocycles. The number of carboxylic acid groups (broad SMARTS) is 1. The van der Waals surface area contributed by atoms with Gasteiger partial charge in [0.05, 0.1) is 5.51 Å². The second kappa shape index (κ2) is 4.50. The van der Waals surface area contributed by atoms with Crippen LogP contribution in [0.2, 0.25) is 0 Å². The SMILES string of the molecule is CC(O)(CNCc1cncs1)C(=O)O. The number of aromatic nitrogens is 1. The molecule has 0 radical (unpaired) electrons. The highest BCUT2D eigenvalue weighted by molar-refractivity contribution is 7.09. The number of aliphatic carboxylic acids is 1. The second-order valence-electron chi connectivity index (χ2n) is 3.15. The molecule has 0 aromatic carbocycles. The van der Waals surface area contributed by atoms with E-state index < -0.39 is 11.6 Å². The standard InChI is InChI=1S/C8H12N2O3S/c1-8(13,7(11)12)4-9-2-6-3-10-5-14-6/h3,5,9,13H,2,4H2,1H3,(H,11,12). The molecule has 14 heavy (non-hydrogen) atoms. The summed E-state index contributed by atoms with van der Waals surface area (Å²) in [5, 5.41) is 20.8. The van der Waals surface area contributed by atoms with E-state index in [1.807, 2.05) is 0 Å². The van der Waals surface area contributed by atoms with Crippen molar-refractivity contribution in [2.45, 2.75) is 19.1 Å². The normalized spacial score (nSPS) is 15.0. The van der Waals surface area contributed by atoms with Crippen molar-refractivity contribution >= 4 is 17.3 Å². The molecule has 0 spiro atoms. The van der Waals surface area contributed by atoms with Gasteiger partial charge in [-0.2, -0.15) is 0 Å². The van der Waals surface area contributed by atoms with Gasteiger partial charge >= 0.3 is 5.97 Å². The summed E-state index contributed by atoms with van der Waals surface area (Å²) in [7, 11) is 0. The van der Waals surface area contributed by atoms with E-state index in [2.05, 4.69) is 10.3 Å². The minimum absolute atomic E-state index is 0.0141. The maximum Gasteiger partial charge on any atom is 0.336 e. The Bertz CT molecular complexity index is 298. The summed E-state index contributed by atoms with van der Waals surface area (Å²) in [5.74, 6) is -1.23. The number of thiazole rings is 1. The Hall–Kier alpha value is -0.980. The third-order valence-electron chi connectivity index (χ3n) is 1.71. The fraction of sp³-hybridized carbons (Fsp3) is 0.500. The van der Waals surface area contributed by atoms with E-state index >= 15 is 0 Å². The van der Waals surface area contributed by atoms with Crippen LogP contribution in [0.1, 0.15) is 11.8 Å². The molecule has 1 unspecified atom stereocenters. The van der Waals surface area contributed by atoms with Gasteiger partial charge in [0.2, 0.25) is 0 Å². The molecular weight excluding hydrogens is 204 g/mol. The fourth-order valence-corrected chi connectivity index (χ4v) is 1.40. The van der Waals surface area contributed by atoms with E-state index in [0.29, 0.717) is 6.54 Å². The molecule has 0 fully saturated rings. The summed E-state index contributed by atoms with van der Waals surface area (Å²) >= 11 is 1.48. The van der Waals surface area contributed by atoms with Crippen LogP contribution in [0.15, 0.2) is 11.7 Å². The molecule has 1 heterocycles. The lowest BCUT2D eigenvalue weighted by molar-refractivity contribution is -0.156. The Morgan fingerprint density at radius 2 is 2.50 bits per heavy atom. The molecule has 0 saturated heterocycles. The number of aliphatic hydroxyl groups is 1. The summed E-state index contributed by atoms with van der Waals surface area (Å²) in [5.41, 5.74) is -0.0168. The van der Waals surface area contributed by atoms with Crippen LogP contribution in [0.5, 0.6) is 0 Å². The van der Waals surface area contributed by atoms with Crippen LogP contribution in [0.4, 0.5) is 0 Å². The monoisotopic (exact) mass is 216 g/mol. The van der Waals surface area contributed by atoms with E-state index in [4.69, 9.17) is 5.11 Å². The third-order valence-corrected chi connectivity index (χ3v) is 2.49. The molecule has 1 rings (SSSR count). The highest BCUT2D eigenvalue weighted by Gasteiger charge is 2.28. The molecule has 3 N–H and O–H groups in total. The van der Waals surface area contributed by atoms with E-state index in [9.17, 15) is 9.90 Å². The van der Waals surface area contributed by atoms with Crippen molar-refractivity contribution in [1.29, 1.82) is 0 Å². The minimum atomic E-state index is -1.72. The summed E-state index contributed by atoms with van der Waals surface area (Å²) < 4.78 is 0. The van der Waals surface area contributed by atoms with Crippen molar-refractivity contribution in [3.63, 3.8) is 0 Å². The predicted octanol–water partition coefficient (Wildman–Crippen LogP) is 0.0683. The van der Waals surface area contributed by atoms with Gasteiger partial charge in [-0.25, -0.2) is 4.79 Å². The van der Waals surface area contributed by atoms with Crippen LogP contribution in [0.25, 0.3) is 0 Å². The lowest BCUT2D eigenvalue weighted by atomic mass is 10.1. The molecular formula is C8H12N2O3S. The molecule has 1 aromatic rings. The van der Waals surface area contributed by atoms with Crippen molar-refractivity contribution in [3.05, 3.63) is 16.6 Å². The molecule has 0 amide bonds. The molecule has 6 heteroatoms. The zero-order valence-corrected chi connectivity index (χ0v) is 8.54. The third kappa shape index (κ3) is 3.06. The summed E-state index contributed by atoms with van der Waals surface area (Å²) in [6.07, 6.45) is 1.70. The molecule has 0 aliphatic heterocycles. The number of hydrogen-bond donors (Lipinski definition) is 3. The predicted molar refractivity (Wildman–Crippen MR) is 52.1 cm³/mol. The molecule has 0 aliphatic carbocycles. The van der Waals surface area contributed by atoms with Gasteiger partial charge in [-0.3, -0.25) is 4.98 Å². The molecule has 78 valence electrons. The Morgan fingerprint density at radius 1 is 1.79 bits per heavy atom. The first-order chi connectivity index (χ1) is 6.52. The van der Waals surface area contributed by atoms with Crippen LogP contribution in [-0.2, 0) is 11.3 Å². The van der Waals surface area contributed by atoms with E-state index in [-0.39, 0.29) is 6.54 Å². The first-order valence-corrected chi connectivity index (χ1v) is 4.94. The van der Waals surface area contributed by atoms with Gasteiger partial charge in [-0.1, -0.05) is 0 Å². The Kier molecular flexibility index (Phi) is 3.56. The number of carbonyl (C=O) groups is 1. The second-order valence-corrected chi connectivity index (χ2v) is 4.12. The molecule has 0 bridgehead atoms. The van der Waals surface area contributed by atoms with Crippen LogP contribution in [-0.4, -0.2) is 33.3 Å². The fourth-order valence-electron chi connectivity index (χ4n) is 0.834. The Labute approximate surface area is 85.4 Å². The number of carboxylic acids is 1. The zero-order valence-electron chi connectivity index (χ0n) is 7.73. The van der Waals surface area contributed by atoms with Gasteiger partial charge in [0, 0.05) is 24.2 Å². The van der Waals surface area contributed by atoms with Crippen molar-refractivity contribution in [2.75, 3.05) is 6.54 Å². The first-order valence-electron chi connectivity index (χ1n) is 4.06. The van der Waals surface area contributed by atoms with Gasteiger partial charge in [0.15, 0.2) is 5.60 Å². The Morgan fingerprint density at radius 3 is 3.00 bits per heavy atom. The largest absolute Gasteiger partial charge is 0.479 e. The van der Waals surface area contributed by atoms with Crippen LogP contribution in [0.3, 0.4) is 0 Å². The van der Waals surface area contributed by atoms with E-state index in [1.54, 1.807) is 11.7 Å². The zero-order chi connectivity index (χ0) is 10.6. The van der Waals surface area contributed by atoms with Gasteiger partial charge in [-0.15, -0.1) is 11.3 Å². The lowest BCUT2D eigenvalue weighted by Crippen LogP contribution is -2.44. The van der Waals surface area contributed by atoms with Crippen molar-refractivity contribution in [1.82, 2.24) is 10.3 Å². The van der Waals surface area contributed by atoms with Crippen LogP contribution >= 0.6 is 11.3 Å². The van der Waals surface area contributed by atoms with Crippen LogP contribution in [0, 0.1) is 0 Å². The average molecular weight is 216 g/mol. The van der Waals surface area contributed by atoms with E-state index in [1.165, 1.54) is 18.3 Å². The minimum Gasteiger partial charge on any atom is -0.479 e. The lowest BCUT2D eigenvalue weighted by Gasteiger charge is -2.17. The maximum absolute atomic E-state index is 10.5. The quantitative estimate of drug-likeness (QED) is 0.648. The summed E-state index contributed by atoms with van der Waals surface area (Å²) in [6.45, 7) is 1.79. The summed E-state index contributed by atoms with van der Waals surface area (Å²) in [6, 6.07) is 0. The first kappa shape index (κ1) is 11.1. The van der Waals surface area contributed by atoms with Crippen molar-refractivity contribution in [2.24, 2.45) is 0 Å². The molecule has 1 atom stereocenters. The van der Waals surface area contributed by atoms with Gasteiger partial charge in [0.25, 0.3) is 0 Å². The smallest absolute Gasteiger partial charge is 0.336 e. The highest BCUT2D eigenvalue weighted by atomic mass is 32.1. The van der Waals surface area contributed by atoms with Crippen molar-refractivity contribution < 1.29 is 15.0 Å². The van der Waals surface area contributed by atoms with Gasteiger partial charge < -0.3 is 15.5 Å². The average Bonchev–Trinajstić information content (AvgIpc) is 2.56. The molecule has 0 saturated carbocycles. The number of hydrogen-bond acceptors (Lipinski definition) is 5. The highest BCUT2D eigenvalue weighted by Crippen LogP contribution is 2.06. The van der Waals surface area contributed by atoms with Crippen molar-refractivity contribution in [3.8, 4) is 0 Å². The molecule has 5 nitrogen and oxygen atoms in total. The van der Waals surface area contributed by atoms with Gasteiger partial charge in [-0.05, 0) is 6.92 Å². The Balaban J connectivity index is 2.31. The number of nitrogens with zero attached hydrogens (tertiary/aromatic N) is 1. The number of rotatable bonds is 5. The number of nitrogens with one attached hydrogen (secondary N) is 1.